The maximum absolute atomic E-state index is 12.4. The molecule has 0 spiro atoms. The number of carbonyl (C=O) groups is 2. The van der Waals surface area contributed by atoms with Crippen molar-refractivity contribution in [3.8, 4) is 0 Å². The number of rotatable bonds is 8. The molecule has 120 valence electrons. The molecule has 2 aromatic carbocycles. The van der Waals surface area contributed by atoms with Gasteiger partial charge in [-0.3, -0.25) is 9.59 Å². The highest BCUT2D eigenvalue weighted by atomic mass is 16.8. The van der Waals surface area contributed by atoms with Crippen LogP contribution in [0, 0.1) is 0 Å². The van der Waals surface area contributed by atoms with Crippen LogP contribution in [0.2, 0.25) is 0 Å². The number of carbonyl (C=O) groups excluding carboxylic acids is 2. The lowest BCUT2D eigenvalue weighted by atomic mass is 10.1. The number of hydrogen-bond acceptors (Lipinski definition) is 5. The zero-order valence-corrected chi connectivity index (χ0v) is 13.0. The molecule has 5 heteroatoms. The molecule has 2 atom stereocenters. The number of methoxy groups -OCH3 is 2. The van der Waals surface area contributed by atoms with E-state index in [9.17, 15) is 9.59 Å². The van der Waals surface area contributed by atoms with E-state index >= 15 is 0 Å². The Labute approximate surface area is 134 Å². The molecule has 0 aliphatic carbocycles. The Balaban J connectivity index is 2.12. The Kier molecular flexibility index (Phi) is 6.17. The maximum Gasteiger partial charge on any atom is 0.225 e. The second-order valence-electron chi connectivity index (χ2n) is 4.73. The predicted octanol–water partition coefficient (Wildman–Crippen LogP) is 2.71. The third-order valence-corrected chi connectivity index (χ3v) is 3.22. The summed E-state index contributed by atoms with van der Waals surface area (Å²) in [6.45, 7) is 0. The van der Waals surface area contributed by atoms with Crippen molar-refractivity contribution in [1.82, 2.24) is 0 Å². The van der Waals surface area contributed by atoms with E-state index in [0.717, 1.165) is 0 Å². The maximum atomic E-state index is 12.4. The highest BCUT2D eigenvalue weighted by molar-refractivity contribution is 6.00. The fourth-order valence-corrected chi connectivity index (χ4v) is 2.04. The molecule has 2 unspecified atom stereocenters. The molecule has 5 nitrogen and oxygen atoms in total. The van der Waals surface area contributed by atoms with Gasteiger partial charge in [-0.1, -0.05) is 60.7 Å². The van der Waals surface area contributed by atoms with Gasteiger partial charge in [0.1, 0.15) is 0 Å². The molecule has 0 radical (unpaired) electrons. The van der Waals surface area contributed by atoms with Crippen molar-refractivity contribution < 1.29 is 23.8 Å². The van der Waals surface area contributed by atoms with E-state index in [1.807, 2.05) is 0 Å². The Hall–Kier alpha value is -2.34. The molecule has 0 heterocycles. The van der Waals surface area contributed by atoms with Crippen molar-refractivity contribution >= 4 is 11.6 Å². The quantitative estimate of drug-likeness (QED) is 0.554. The summed E-state index contributed by atoms with van der Waals surface area (Å²) in [5.74, 6) is -0.757. The molecule has 0 saturated heterocycles. The molecule has 0 aromatic heterocycles. The second-order valence-corrected chi connectivity index (χ2v) is 4.73. The van der Waals surface area contributed by atoms with Crippen LogP contribution in [0.4, 0.5) is 0 Å². The van der Waals surface area contributed by atoms with Gasteiger partial charge in [0.25, 0.3) is 0 Å². The molecule has 0 N–H and O–H groups in total. The summed E-state index contributed by atoms with van der Waals surface area (Å²) in [6, 6.07) is 17.2. The minimum absolute atomic E-state index is 0.379. The van der Waals surface area contributed by atoms with E-state index in [-0.39, 0.29) is 11.6 Å². The van der Waals surface area contributed by atoms with Gasteiger partial charge in [-0.2, -0.15) is 0 Å². The standard InChI is InChI=1S/C18H18O5/c1-21-17(15(19)13-9-5-3-6-10-13)23-18(22-2)16(20)14-11-7-4-8-12-14/h3-12,17-18H,1-2H3. The molecular weight excluding hydrogens is 296 g/mol. The van der Waals surface area contributed by atoms with Crippen molar-refractivity contribution in [1.29, 1.82) is 0 Å². The minimum atomic E-state index is -1.23. The number of ether oxygens (including phenoxy) is 3. The van der Waals surface area contributed by atoms with Crippen molar-refractivity contribution in [2.24, 2.45) is 0 Å². The van der Waals surface area contributed by atoms with Gasteiger partial charge < -0.3 is 14.2 Å². The summed E-state index contributed by atoms with van der Waals surface area (Å²) in [5, 5.41) is 0. The Morgan fingerprint density at radius 3 is 1.35 bits per heavy atom. The summed E-state index contributed by atoms with van der Waals surface area (Å²) < 4.78 is 15.6. The van der Waals surface area contributed by atoms with Crippen LogP contribution < -0.4 is 0 Å². The molecule has 0 aliphatic heterocycles. The van der Waals surface area contributed by atoms with Crippen LogP contribution in [-0.4, -0.2) is 38.4 Å². The third kappa shape index (κ3) is 4.32. The Morgan fingerprint density at radius 2 is 1.04 bits per heavy atom. The van der Waals surface area contributed by atoms with E-state index in [1.165, 1.54) is 14.2 Å². The molecule has 2 rings (SSSR count). The average Bonchev–Trinajstić information content (AvgIpc) is 2.63. The van der Waals surface area contributed by atoms with Crippen LogP contribution in [0.15, 0.2) is 60.7 Å². The first-order chi connectivity index (χ1) is 11.2. The highest BCUT2D eigenvalue weighted by Gasteiger charge is 2.29. The number of hydrogen-bond donors (Lipinski definition) is 0. The van der Waals surface area contributed by atoms with Gasteiger partial charge >= 0.3 is 0 Å². The van der Waals surface area contributed by atoms with Crippen molar-refractivity contribution in [3.63, 3.8) is 0 Å². The van der Waals surface area contributed by atoms with Crippen molar-refractivity contribution in [3.05, 3.63) is 71.8 Å². The van der Waals surface area contributed by atoms with Crippen LogP contribution in [0.1, 0.15) is 20.7 Å². The topological polar surface area (TPSA) is 61.8 Å². The summed E-state index contributed by atoms with van der Waals surface area (Å²) >= 11 is 0. The van der Waals surface area contributed by atoms with Gasteiger partial charge in [0.2, 0.25) is 24.1 Å². The lowest BCUT2D eigenvalue weighted by Crippen LogP contribution is -2.36. The lowest BCUT2D eigenvalue weighted by Gasteiger charge is -2.21. The first-order valence-corrected chi connectivity index (χ1v) is 7.07. The monoisotopic (exact) mass is 314 g/mol. The molecule has 2 aromatic rings. The van der Waals surface area contributed by atoms with E-state index in [1.54, 1.807) is 60.7 Å². The Morgan fingerprint density at radius 1 is 0.696 bits per heavy atom. The molecule has 0 saturated carbocycles. The second kappa shape index (κ2) is 8.33. The first-order valence-electron chi connectivity index (χ1n) is 7.07. The lowest BCUT2D eigenvalue weighted by molar-refractivity contribution is -0.186. The van der Waals surface area contributed by atoms with Gasteiger partial charge in [-0.05, 0) is 0 Å². The largest absolute Gasteiger partial charge is 0.349 e. The van der Waals surface area contributed by atoms with E-state index in [4.69, 9.17) is 14.2 Å². The van der Waals surface area contributed by atoms with Gasteiger partial charge in [0, 0.05) is 25.3 Å². The summed E-state index contributed by atoms with van der Waals surface area (Å²) in [4.78, 5) is 24.7. The zero-order valence-electron chi connectivity index (χ0n) is 13.0. The summed E-state index contributed by atoms with van der Waals surface area (Å²) in [7, 11) is 2.68. The smallest absolute Gasteiger partial charge is 0.225 e. The van der Waals surface area contributed by atoms with Gasteiger partial charge in [-0.15, -0.1) is 0 Å². The molecule has 0 amide bonds. The fourth-order valence-electron chi connectivity index (χ4n) is 2.04. The SMILES string of the molecule is COC(OC(OC)C(=O)c1ccccc1)C(=O)c1ccccc1. The van der Waals surface area contributed by atoms with Gasteiger partial charge in [-0.25, -0.2) is 0 Å². The van der Waals surface area contributed by atoms with Crippen LogP contribution in [-0.2, 0) is 14.2 Å². The normalized spacial score (nSPS) is 13.3. The van der Waals surface area contributed by atoms with Crippen LogP contribution >= 0.6 is 0 Å². The van der Waals surface area contributed by atoms with Crippen LogP contribution in [0.3, 0.4) is 0 Å². The fraction of sp³-hybridized carbons (Fsp3) is 0.222. The molecular formula is C18H18O5. The molecule has 0 fully saturated rings. The number of ketones is 2. The predicted molar refractivity (Wildman–Crippen MR) is 84.2 cm³/mol. The number of benzene rings is 2. The number of Topliss-reactive ketones (excluding diaryl/α,β-unsaturated/α-hetero) is 2. The molecule has 0 bridgehead atoms. The first kappa shape index (κ1) is 17.0. The van der Waals surface area contributed by atoms with E-state index < -0.39 is 12.6 Å². The summed E-state index contributed by atoms with van der Waals surface area (Å²) in [6.07, 6.45) is -2.45. The van der Waals surface area contributed by atoms with E-state index in [0.29, 0.717) is 11.1 Å². The zero-order chi connectivity index (χ0) is 16.7. The molecule has 23 heavy (non-hydrogen) atoms. The van der Waals surface area contributed by atoms with Gasteiger partial charge in [0.05, 0.1) is 0 Å². The Bertz CT molecular complexity index is 581. The van der Waals surface area contributed by atoms with Crippen LogP contribution in [0.25, 0.3) is 0 Å². The average molecular weight is 314 g/mol. The minimum Gasteiger partial charge on any atom is -0.349 e. The van der Waals surface area contributed by atoms with Crippen molar-refractivity contribution in [2.75, 3.05) is 14.2 Å². The van der Waals surface area contributed by atoms with Crippen molar-refractivity contribution in [2.45, 2.75) is 12.6 Å². The van der Waals surface area contributed by atoms with Crippen LogP contribution in [0.5, 0.6) is 0 Å². The third-order valence-electron chi connectivity index (χ3n) is 3.22. The van der Waals surface area contributed by atoms with E-state index in [2.05, 4.69) is 0 Å². The summed E-state index contributed by atoms with van der Waals surface area (Å²) in [5.41, 5.74) is 0.864. The molecule has 0 aliphatic rings. The highest BCUT2D eigenvalue weighted by Crippen LogP contribution is 2.13. The van der Waals surface area contributed by atoms with Gasteiger partial charge in [0.15, 0.2) is 0 Å².